The number of methoxy groups -OCH3 is 1. The van der Waals surface area contributed by atoms with Crippen molar-refractivity contribution in [1.29, 1.82) is 0 Å². The Morgan fingerprint density at radius 3 is 2.64 bits per heavy atom. The lowest BCUT2D eigenvalue weighted by Gasteiger charge is -2.07. The third-order valence-corrected chi connectivity index (χ3v) is 4.63. The molecule has 0 atom stereocenters. The number of benzene rings is 2. The molecule has 142 valence electrons. The van der Waals surface area contributed by atoms with Crippen LogP contribution in [0.4, 0.5) is 0 Å². The van der Waals surface area contributed by atoms with E-state index in [4.69, 9.17) is 4.74 Å². The summed E-state index contributed by atoms with van der Waals surface area (Å²) in [6.45, 7) is 0.358. The maximum atomic E-state index is 11.8. The third-order valence-electron chi connectivity index (χ3n) is 3.76. The number of ether oxygens (including phenoxy) is 2. The quantitative estimate of drug-likeness (QED) is 0.375. The van der Waals surface area contributed by atoms with Gasteiger partial charge < -0.3 is 9.47 Å². The van der Waals surface area contributed by atoms with Gasteiger partial charge in [0.05, 0.1) is 23.8 Å². The highest BCUT2D eigenvalue weighted by molar-refractivity contribution is 7.12. The van der Waals surface area contributed by atoms with E-state index in [1.54, 1.807) is 24.4 Å². The Morgan fingerprint density at radius 2 is 1.93 bits per heavy atom. The number of rotatable bonds is 7. The average molecular weight is 394 g/mol. The smallest absolute Gasteiger partial charge is 0.337 e. The molecule has 0 unspecified atom stereocenters. The lowest BCUT2D eigenvalue weighted by atomic mass is 10.1. The van der Waals surface area contributed by atoms with Gasteiger partial charge in [0.2, 0.25) is 0 Å². The molecule has 0 bridgehead atoms. The molecule has 7 heteroatoms. The molecule has 0 radical (unpaired) electrons. The number of thiophene rings is 1. The summed E-state index contributed by atoms with van der Waals surface area (Å²) in [6, 6.07) is 17.9. The highest BCUT2D eigenvalue weighted by atomic mass is 32.1. The summed E-state index contributed by atoms with van der Waals surface area (Å²) >= 11 is 1.36. The van der Waals surface area contributed by atoms with E-state index in [0.717, 1.165) is 11.1 Å². The summed E-state index contributed by atoms with van der Waals surface area (Å²) < 4.78 is 10.5. The van der Waals surface area contributed by atoms with Crippen LogP contribution in [0.15, 0.2) is 71.1 Å². The molecule has 0 aliphatic rings. The summed E-state index contributed by atoms with van der Waals surface area (Å²) in [5, 5.41) is 5.81. The van der Waals surface area contributed by atoms with Gasteiger partial charge in [0.25, 0.3) is 5.91 Å². The normalized spacial score (nSPS) is 10.6. The fraction of sp³-hybridized carbons (Fsp3) is 0.0952. The van der Waals surface area contributed by atoms with Gasteiger partial charge in [-0.25, -0.2) is 10.2 Å². The van der Waals surface area contributed by atoms with Crippen molar-refractivity contribution in [3.05, 3.63) is 87.6 Å². The number of nitrogens with zero attached hydrogens (tertiary/aromatic N) is 1. The minimum absolute atomic E-state index is 0.242. The zero-order chi connectivity index (χ0) is 19.8. The van der Waals surface area contributed by atoms with Crippen LogP contribution in [0.5, 0.6) is 5.75 Å². The molecule has 28 heavy (non-hydrogen) atoms. The predicted molar refractivity (Wildman–Crippen MR) is 108 cm³/mol. The fourth-order valence-corrected chi connectivity index (χ4v) is 2.95. The van der Waals surface area contributed by atoms with Crippen LogP contribution < -0.4 is 10.2 Å². The van der Waals surface area contributed by atoms with Gasteiger partial charge in [-0.05, 0) is 46.8 Å². The Morgan fingerprint density at radius 1 is 1.11 bits per heavy atom. The van der Waals surface area contributed by atoms with Crippen LogP contribution in [0.3, 0.4) is 0 Å². The number of hydrogen-bond donors (Lipinski definition) is 1. The summed E-state index contributed by atoms with van der Waals surface area (Å²) in [5.41, 5.74) is 4.71. The lowest BCUT2D eigenvalue weighted by molar-refractivity contribution is 0.0600. The van der Waals surface area contributed by atoms with E-state index >= 15 is 0 Å². The summed E-state index contributed by atoms with van der Waals surface area (Å²) in [5.74, 6) is 0.0604. The molecule has 2 aromatic carbocycles. The van der Waals surface area contributed by atoms with Crippen LogP contribution in [0.1, 0.15) is 31.2 Å². The first-order valence-corrected chi connectivity index (χ1v) is 9.31. The lowest BCUT2D eigenvalue weighted by Crippen LogP contribution is -2.16. The molecule has 0 aliphatic heterocycles. The molecule has 1 N–H and O–H groups in total. The monoisotopic (exact) mass is 394 g/mol. The van der Waals surface area contributed by atoms with Crippen molar-refractivity contribution in [2.45, 2.75) is 6.61 Å². The molecule has 3 aromatic rings. The van der Waals surface area contributed by atoms with Gasteiger partial charge in [-0.1, -0.05) is 30.3 Å². The van der Waals surface area contributed by atoms with Gasteiger partial charge in [-0.15, -0.1) is 11.3 Å². The Bertz CT molecular complexity index is 966. The minimum atomic E-state index is -0.370. The van der Waals surface area contributed by atoms with Gasteiger partial charge in [-0.2, -0.15) is 5.10 Å². The van der Waals surface area contributed by atoms with Crippen molar-refractivity contribution in [3.8, 4) is 5.75 Å². The Kier molecular flexibility index (Phi) is 6.54. The molecule has 0 fully saturated rings. The van der Waals surface area contributed by atoms with Crippen LogP contribution in [-0.4, -0.2) is 25.2 Å². The van der Waals surface area contributed by atoms with Gasteiger partial charge in [0.1, 0.15) is 12.4 Å². The number of carbonyl (C=O) groups is 2. The molecule has 0 spiro atoms. The molecular formula is C21H18N2O4S. The Balaban J connectivity index is 1.55. The number of amides is 1. The van der Waals surface area contributed by atoms with Crippen LogP contribution in [0, 0.1) is 0 Å². The van der Waals surface area contributed by atoms with Gasteiger partial charge >= 0.3 is 5.97 Å². The third kappa shape index (κ3) is 5.28. The summed E-state index contributed by atoms with van der Waals surface area (Å²) in [6.07, 6.45) is 1.56. The van der Waals surface area contributed by atoms with Crippen molar-refractivity contribution < 1.29 is 19.1 Å². The zero-order valence-electron chi connectivity index (χ0n) is 15.1. The van der Waals surface area contributed by atoms with Crippen molar-refractivity contribution in [3.63, 3.8) is 0 Å². The molecular weight excluding hydrogens is 376 g/mol. The number of hydrazone groups is 1. The second-order valence-corrected chi connectivity index (χ2v) is 6.67. The number of carbonyl (C=O) groups excluding carboxylic acids is 2. The summed E-state index contributed by atoms with van der Waals surface area (Å²) in [7, 11) is 1.35. The minimum Gasteiger partial charge on any atom is -0.489 e. The molecule has 1 amide bonds. The molecule has 6 nitrogen and oxygen atoms in total. The highest BCUT2D eigenvalue weighted by Gasteiger charge is 2.05. The summed E-state index contributed by atoms with van der Waals surface area (Å²) in [4.78, 5) is 23.9. The van der Waals surface area contributed by atoms with Gasteiger partial charge in [0, 0.05) is 0 Å². The van der Waals surface area contributed by atoms with Gasteiger partial charge in [-0.3, -0.25) is 4.79 Å². The second kappa shape index (κ2) is 9.48. The van der Waals surface area contributed by atoms with Crippen LogP contribution in [0.25, 0.3) is 0 Å². The van der Waals surface area contributed by atoms with Crippen molar-refractivity contribution in [2.75, 3.05) is 7.11 Å². The van der Waals surface area contributed by atoms with E-state index in [1.807, 2.05) is 47.8 Å². The standard InChI is InChI=1S/C21H18N2O4S/c1-26-21(25)17-9-7-15(8-10-17)14-27-18-5-2-4-16(12-18)13-22-23-20(24)19-6-3-11-28-19/h2-13H,14H2,1H3,(H,23,24). The molecule has 3 rings (SSSR count). The Labute approximate surface area is 166 Å². The van der Waals surface area contributed by atoms with Gasteiger partial charge in [0.15, 0.2) is 0 Å². The van der Waals surface area contributed by atoms with E-state index in [-0.39, 0.29) is 11.9 Å². The number of esters is 1. The van der Waals surface area contributed by atoms with E-state index < -0.39 is 0 Å². The molecule has 0 saturated heterocycles. The first-order valence-electron chi connectivity index (χ1n) is 8.43. The van der Waals surface area contributed by atoms with Crippen LogP contribution >= 0.6 is 11.3 Å². The maximum Gasteiger partial charge on any atom is 0.337 e. The Hall–Kier alpha value is -3.45. The van der Waals surface area contributed by atoms with E-state index in [0.29, 0.717) is 22.8 Å². The van der Waals surface area contributed by atoms with E-state index in [1.165, 1.54) is 18.4 Å². The van der Waals surface area contributed by atoms with Crippen molar-refractivity contribution in [1.82, 2.24) is 5.43 Å². The molecule has 0 aliphatic carbocycles. The predicted octanol–water partition coefficient (Wildman–Crippen LogP) is 3.88. The SMILES string of the molecule is COC(=O)c1ccc(COc2cccc(C=NNC(=O)c3cccs3)c2)cc1. The molecule has 0 saturated carbocycles. The number of nitrogens with one attached hydrogen (secondary N) is 1. The van der Waals surface area contributed by atoms with Crippen LogP contribution in [0.2, 0.25) is 0 Å². The average Bonchev–Trinajstić information content (AvgIpc) is 3.27. The first kappa shape index (κ1) is 19.3. The van der Waals surface area contributed by atoms with Crippen LogP contribution in [-0.2, 0) is 11.3 Å². The largest absolute Gasteiger partial charge is 0.489 e. The zero-order valence-corrected chi connectivity index (χ0v) is 15.9. The highest BCUT2D eigenvalue weighted by Crippen LogP contribution is 2.15. The van der Waals surface area contributed by atoms with Crippen molar-refractivity contribution in [2.24, 2.45) is 5.10 Å². The van der Waals surface area contributed by atoms with E-state index in [9.17, 15) is 9.59 Å². The fourth-order valence-electron chi connectivity index (χ4n) is 2.33. The van der Waals surface area contributed by atoms with Crippen molar-refractivity contribution >= 4 is 29.4 Å². The molecule has 1 heterocycles. The van der Waals surface area contributed by atoms with E-state index in [2.05, 4.69) is 15.3 Å². The topological polar surface area (TPSA) is 77.0 Å². The number of hydrogen-bond acceptors (Lipinski definition) is 6. The second-order valence-electron chi connectivity index (χ2n) is 5.73. The first-order chi connectivity index (χ1) is 13.7. The molecule has 1 aromatic heterocycles. The maximum absolute atomic E-state index is 11.8.